The summed E-state index contributed by atoms with van der Waals surface area (Å²) in [5.74, 6) is 2.32. The monoisotopic (exact) mass is 508 g/mol. The summed E-state index contributed by atoms with van der Waals surface area (Å²) in [5.41, 5.74) is 8.23. The second kappa shape index (κ2) is 10.1. The summed E-state index contributed by atoms with van der Waals surface area (Å²) in [7, 11) is 0. The number of hydrogen-bond acceptors (Lipinski definition) is 6. The molecule has 0 bridgehead atoms. The van der Waals surface area contributed by atoms with Crippen LogP contribution in [-0.4, -0.2) is 39.6 Å². The molecule has 7 nitrogen and oxygen atoms in total. The Labute approximate surface area is 220 Å². The number of fused-ring (bicyclic) bond motifs is 2. The smallest absolute Gasteiger partial charge is 0.201 e. The molecule has 0 fully saturated rings. The minimum atomic E-state index is -0.239. The van der Waals surface area contributed by atoms with E-state index >= 15 is 0 Å². The van der Waals surface area contributed by atoms with Crippen LogP contribution in [0.3, 0.4) is 0 Å². The van der Waals surface area contributed by atoms with Crippen LogP contribution < -0.4 is 15.0 Å². The first-order chi connectivity index (χ1) is 18.6. The number of hydrogen-bond donors (Lipinski definition) is 2. The Bertz CT molecular complexity index is 1600. The van der Waals surface area contributed by atoms with Crippen molar-refractivity contribution in [2.24, 2.45) is 0 Å². The number of anilines is 2. The molecule has 2 N–H and O–H groups in total. The number of aryl methyl sites for hydroxylation is 1. The molecule has 0 amide bonds. The highest BCUT2D eigenvalue weighted by Crippen LogP contribution is 2.33. The molecule has 8 heteroatoms. The molecule has 0 saturated heterocycles. The molecule has 38 heavy (non-hydrogen) atoms. The predicted molar refractivity (Wildman–Crippen MR) is 148 cm³/mol. The molecule has 1 aliphatic heterocycles. The number of aromatic nitrogens is 4. The zero-order chi connectivity index (χ0) is 26.1. The van der Waals surface area contributed by atoms with Crippen LogP contribution in [0.1, 0.15) is 29.3 Å². The second-order valence-corrected chi connectivity index (χ2v) is 9.50. The predicted octanol–water partition coefficient (Wildman–Crippen LogP) is 5.89. The SMILES string of the molecule is CCNc1nc2ccc(-c3ccc4c(c3)CN(c3ncnc(C)c3Cc3ccc(F)cc3)CCO4)cc2[nH]1. The molecule has 0 saturated carbocycles. The summed E-state index contributed by atoms with van der Waals surface area (Å²) in [6.45, 7) is 6.77. The van der Waals surface area contributed by atoms with Gasteiger partial charge in [-0.15, -0.1) is 0 Å². The van der Waals surface area contributed by atoms with Crippen molar-refractivity contribution >= 4 is 22.8 Å². The molecular weight excluding hydrogens is 479 g/mol. The molecule has 6 rings (SSSR count). The van der Waals surface area contributed by atoms with E-state index in [1.165, 1.54) is 12.1 Å². The highest BCUT2D eigenvalue weighted by atomic mass is 19.1. The fraction of sp³-hybridized carbons (Fsp3) is 0.233. The Hall–Kier alpha value is -4.46. The number of benzene rings is 3. The number of ether oxygens (including phenoxy) is 1. The Balaban J connectivity index is 1.32. The summed E-state index contributed by atoms with van der Waals surface area (Å²) < 4.78 is 19.6. The van der Waals surface area contributed by atoms with E-state index in [1.54, 1.807) is 6.33 Å². The number of imidazole rings is 1. The van der Waals surface area contributed by atoms with Gasteiger partial charge in [0.15, 0.2) is 0 Å². The standard InChI is InChI=1S/C30H29FN6O/c1-3-32-30-35-26-10-6-22(16-27(26)36-30)21-7-11-28-23(15-21)17-37(12-13-38-28)29-25(19(2)33-18-34-29)14-20-4-8-24(31)9-5-20/h4-11,15-16,18H,3,12-14,17H2,1-2H3,(H2,32,35,36). The number of nitrogens with zero attached hydrogens (tertiary/aromatic N) is 4. The first-order valence-corrected chi connectivity index (χ1v) is 12.9. The summed E-state index contributed by atoms with van der Waals surface area (Å²) in [6.07, 6.45) is 2.24. The van der Waals surface area contributed by atoms with Gasteiger partial charge in [0.05, 0.1) is 17.6 Å². The lowest BCUT2D eigenvalue weighted by atomic mass is 10.0. The lowest BCUT2D eigenvalue weighted by molar-refractivity contribution is 0.331. The summed E-state index contributed by atoms with van der Waals surface area (Å²) in [6, 6.07) is 19.3. The third-order valence-corrected chi connectivity index (χ3v) is 6.93. The van der Waals surface area contributed by atoms with Crippen molar-refractivity contribution in [2.45, 2.75) is 26.8 Å². The number of H-pyrrole nitrogens is 1. The molecule has 2 aromatic heterocycles. The van der Waals surface area contributed by atoms with Gasteiger partial charge in [0.25, 0.3) is 0 Å². The van der Waals surface area contributed by atoms with Crippen molar-refractivity contribution < 1.29 is 9.13 Å². The van der Waals surface area contributed by atoms with Gasteiger partial charge in [-0.2, -0.15) is 0 Å². The van der Waals surface area contributed by atoms with Crippen LogP contribution in [0.25, 0.3) is 22.2 Å². The quantitative estimate of drug-likeness (QED) is 0.298. The fourth-order valence-corrected chi connectivity index (χ4v) is 4.97. The molecule has 3 heterocycles. The van der Waals surface area contributed by atoms with Gasteiger partial charge in [0.1, 0.15) is 30.3 Å². The maximum absolute atomic E-state index is 13.5. The lowest BCUT2D eigenvalue weighted by Crippen LogP contribution is -2.28. The summed E-state index contributed by atoms with van der Waals surface area (Å²) >= 11 is 0. The van der Waals surface area contributed by atoms with Gasteiger partial charge in [-0.1, -0.05) is 24.3 Å². The third kappa shape index (κ3) is 4.77. The van der Waals surface area contributed by atoms with Crippen LogP contribution in [0.5, 0.6) is 5.75 Å². The minimum absolute atomic E-state index is 0.239. The van der Waals surface area contributed by atoms with E-state index < -0.39 is 0 Å². The van der Waals surface area contributed by atoms with Gasteiger partial charge in [-0.3, -0.25) is 0 Å². The van der Waals surface area contributed by atoms with Gasteiger partial charge in [0.2, 0.25) is 5.95 Å². The van der Waals surface area contributed by atoms with Crippen LogP contribution in [0.4, 0.5) is 16.2 Å². The van der Waals surface area contributed by atoms with E-state index in [4.69, 9.17) is 9.72 Å². The van der Waals surface area contributed by atoms with Gasteiger partial charge >= 0.3 is 0 Å². The Morgan fingerprint density at radius 2 is 1.84 bits per heavy atom. The fourth-order valence-electron chi connectivity index (χ4n) is 4.97. The van der Waals surface area contributed by atoms with E-state index in [1.807, 2.05) is 32.0 Å². The lowest BCUT2D eigenvalue weighted by Gasteiger charge is -2.24. The highest BCUT2D eigenvalue weighted by molar-refractivity contribution is 5.83. The molecular formula is C30H29FN6O. The van der Waals surface area contributed by atoms with E-state index in [2.05, 4.69) is 55.5 Å². The van der Waals surface area contributed by atoms with E-state index in [0.29, 0.717) is 26.1 Å². The Morgan fingerprint density at radius 3 is 2.68 bits per heavy atom. The third-order valence-electron chi connectivity index (χ3n) is 6.93. The van der Waals surface area contributed by atoms with Crippen molar-refractivity contribution in [1.82, 2.24) is 19.9 Å². The van der Waals surface area contributed by atoms with Crippen molar-refractivity contribution in [2.75, 3.05) is 29.9 Å². The van der Waals surface area contributed by atoms with E-state index in [-0.39, 0.29) is 5.82 Å². The molecule has 5 aromatic rings. The Kier molecular flexibility index (Phi) is 6.37. The van der Waals surface area contributed by atoms with Crippen LogP contribution in [0.15, 0.2) is 67.0 Å². The van der Waals surface area contributed by atoms with Crippen LogP contribution in [-0.2, 0) is 13.0 Å². The average Bonchev–Trinajstić information content (AvgIpc) is 3.20. The van der Waals surface area contributed by atoms with E-state index in [0.717, 1.165) is 68.6 Å². The normalized spacial score (nSPS) is 13.2. The average molecular weight is 509 g/mol. The maximum Gasteiger partial charge on any atom is 0.201 e. The zero-order valence-electron chi connectivity index (χ0n) is 21.5. The maximum atomic E-state index is 13.5. The van der Waals surface area contributed by atoms with E-state index in [9.17, 15) is 4.39 Å². The van der Waals surface area contributed by atoms with Gasteiger partial charge in [0, 0.05) is 36.3 Å². The molecule has 0 aliphatic carbocycles. The summed E-state index contributed by atoms with van der Waals surface area (Å²) in [5, 5.41) is 3.23. The first kappa shape index (κ1) is 23.9. The first-order valence-electron chi connectivity index (χ1n) is 12.9. The molecule has 0 spiro atoms. The molecule has 0 radical (unpaired) electrons. The number of rotatable bonds is 6. The largest absolute Gasteiger partial charge is 0.491 e. The highest BCUT2D eigenvalue weighted by Gasteiger charge is 2.21. The topological polar surface area (TPSA) is 79.0 Å². The van der Waals surface area contributed by atoms with Gasteiger partial charge in [-0.05, 0) is 66.9 Å². The summed E-state index contributed by atoms with van der Waals surface area (Å²) in [4.78, 5) is 19.3. The van der Waals surface area contributed by atoms with Crippen molar-refractivity contribution in [3.63, 3.8) is 0 Å². The van der Waals surface area contributed by atoms with Crippen molar-refractivity contribution in [1.29, 1.82) is 0 Å². The van der Waals surface area contributed by atoms with Crippen molar-refractivity contribution in [3.05, 3.63) is 95.2 Å². The van der Waals surface area contributed by atoms with Gasteiger partial charge in [-0.25, -0.2) is 19.3 Å². The number of halogens is 1. The van der Waals surface area contributed by atoms with Crippen LogP contribution in [0.2, 0.25) is 0 Å². The second-order valence-electron chi connectivity index (χ2n) is 9.50. The molecule has 192 valence electrons. The zero-order valence-corrected chi connectivity index (χ0v) is 21.5. The van der Waals surface area contributed by atoms with Crippen LogP contribution >= 0.6 is 0 Å². The van der Waals surface area contributed by atoms with Gasteiger partial charge < -0.3 is 19.9 Å². The molecule has 3 aromatic carbocycles. The number of nitrogens with one attached hydrogen (secondary N) is 2. The molecule has 0 atom stereocenters. The molecule has 0 unspecified atom stereocenters. The minimum Gasteiger partial charge on any atom is -0.491 e. The van der Waals surface area contributed by atoms with Crippen molar-refractivity contribution in [3.8, 4) is 16.9 Å². The Morgan fingerprint density at radius 1 is 1.03 bits per heavy atom. The molecule has 1 aliphatic rings. The van der Waals surface area contributed by atoms with Crippen LogP contribution in [0, 0.1) is 12.7 Å². The number of aromatic amines is 1.